The Kier molecular flexibility index (Phi) is 13.2. The molecule has 22 heteroatoms. The predicted octanol–water partition coefficient (Wildman–Crippen LogP) is 8.88. The summed E-state index contributed by atoms with van der Waals surface area (Å²) in [6.07, 6.45) is -23.5. The number of esters is 1. The largest absolute Gasteiger partial charge is 0.460 e. The first-order chi connectivity index (χ1) is 23.6. The van der Waals surface area contributed by atoms with Crippen molar-refractivity contribution in [3.8, 4) is 0 Å². The highest BCUT2D eigenvalue weighted by molar-refractivity contribution is 5.83. The number of benzene rings is 2. The van der Waals surface area contributed by atoms with Crippen LogP contribution in [0.15, 0.2) is 60.7 Å². The van der Waals surface area contributed by atoms with Crippen molar-refractivity contribution in [3.63, 3.8) is 0 Å². The molecule has 0 aromatic heterocycles. The van der Waals surface area contributed by atoms with Gasteiger partial charge >= 0.3 is 54.0 Å². The summed E-state index contributed by atoms with van der Waals surface area (Å²) in [7, 11) is 0.336. The average Bonchev–Trinajstić information content (AvgIpc) is 3.03. The lowest BCUT2D eigenvalue weighted by Gasteiger charge is -2.40. The van der Waals surface area contributed by atoms with E-state index in [1.165, 1.54) is 43.3 Å². The Hall–Kier alpha value is -3.98. The number of alkyl halides is 16. The molecule has 0 aliphatic rings. The third-order valence-corrected chi connectivity index (χ3v) is 7.50. The number of ether oxygens (including phenoxy) is 3. The monoisotopic (exact) mass is 785 g/mol. The first kappa shape index (κ1) is 44.2. The second-order valence-corrected chi connectivity index (χ2v) is 10.9. The Balaban J connectivity index is 2.72. The Bertz CT molecular complexity index is 1490. The van der Waals surface area contributed by atoms with E-state index in [2.05, 4.69) is 9.47 Å². The molecule has 294 valence electrons. The summed E-state index contributed by atoms with van der Waals surface area (Å²) in [4.78, 5) is 25.7. The molecule has 2 aromatic carbocycles. The van der Waals surface area contributed by atoms with Crippen LogP contribution >= 0.6 is 0 Å². The molecule has 0 aliphatic heterocycles. The summed E-state index contributed by atoms with van der Waals surface area (Å²) >= 11 is 0. The van der Waals surface area contributed by atoms with Crippen LogP contribution in [0.5, 0.6) is 0 Å². The van der Waals surface area contributed by atoms with Gasteiger partial charge < -0.3 is 19.5 Å². The van der Waals surface area contributed by atoms with Gasteiger partial charge in [0.15, 0.2) is 0 Å². The second kappa shape index (κ2) is 15.6. The molecule has 0 unspecified atom stereocenters. The van der Waals surface area contributed by atoms with Crippen molar-refractivity contribution >= 4 is 12.1 Å². The quantitative estimate of drug-likeness (QED) is 0.136. The molecule has 3 atom stereocenters. The second-order valence-electron chi connectivity index (χ2n) is 10.9. The molecule has 2 rings (SSSR count). The fourth-order valence-electron chi connectivity index (χ4n) is 4.70. The van der Waals surface area contributed by atoms with Crippen LogP contribution in [0, 0.1) is 0 Å². The highest BCUT2D eigenvalue weighted by Crippen LogP contribution is 2.61. The number of methoxy groups -OCH3 is 1. The van der Waals surface area contributed by atoms with Gasteiger partial charge in [-0.15, -0.1) is 0 Å². The maximum atomic E-state index is 14.9. The lowest BCUT2D eigenvalue weighted by atomic mass is 9.89. The first-order valence-electron chi connectivity index (χ1n) is 14.4. The SMILES string of the molecule is CCOC(=O)N[C@@H](Cc1ccccc1)[C@@H](CCC(F)(F)C(F)(F)C(F)(F)C(F)(F)C(F)(F)C(F)(F)F)OC(=O)[C@@](OC)(c1ccccc1)C(F)(F)F. The molecule has 0 bridgehead atoms. The molecule has 0 spiro atoms. The lowest BCUT2D eigenvalue weighted by molar-refractivity contribution is -0.440. The maximum Gasteiger partial charge on any atom is 0.460 e. The fraction of sp³-hybridized carbons (Fsp3) is 0.533. The van der Waals surface area contributed by atoms with Crippen LogP contribution < -0.4 is 5.32 Å². The van der Waals surface area contributed by atoms with Crippen LogP contribution in [-0.2, 0) is 31.0 Å². The van der Waals surface area contributed by atoms with Crippen molar-refractivity contribution in [2.75, 3.05) is 13.7 Å². The van der Waals surface area contributed by atoms with Gasteiger partial charge in [-0.2, -0.15) is 70.2 Å². The third kappa shape index (κ3) is 8.30. The predicted molar refractivity (Wildman–Crippen MR) is 145 cm³/mol. The van der Waals surface area contributed by atoms with E-state index in [0.717, 1.165) is 12.1 Å². The molecule has 0 saturated carbocycles. The standard InChI is InChI=1S/C30H27F16NO5/c1-3-51-22(49)47-19(16-17-10-6-4-7-11-17)20(52-21(48)24(50-2,29(41,42)43)18-12-8-5-9-13-18)14-15-23(31,32)25(33,34)26(35,36)27(37,38)28(39,40)30(44,45)46/h4-13,19-20H,3,14-16H2,1-2H3,(H,47,49)/t19-,20+,24-/m0/s1. The summed E-state index contributed by atoms with van der Waals surface area (Å²) in [6, 6.07) is 8.91. The van der Waals surface area contributed by atoms with Gasteiger partial charge in [0.1, 0.15) is 6.10 Å². The van der Waals surface area contributed by atoms with Gasteiger partial charge in [-0.05, 0) is 25.3 Å². The lowest BCUT2D eigenvalue weighted by Crippen LogP contribution is -2.70. The highest BCUT2D eigenvalue weighted by Gasteiger charge is 2.90. The van der Waals surface area contributed by atoms with Crippen molar-refractivity contribution in [2.45, 2.75) is 85.9 Å². The number of carbonyl (C=O) groups excluding carboxylic acids is 2. The minimum atomic E-state index is -8.21. The number of hydrogen-bond acceptors (Lipinski definition) is 5. The summed E-state index contributed by atoms with van der Waals surface area (Å²) < 4.78 is 237. The van der Waals surface area contributed by atoms with Crippen LogP contribution in [0.4, 0.5) is 75.0 Å². The van der Waals surface area contributed by atoms with Crippen LogP contribution in [0.3, 0.4) is 0 Å². The number of nitrogens with one attached hydrogen (secondary N) is 1. The Morgan fingerprint density at radius 1 is 0.673 bits per heavy atom. The molecule has 2 aromatic rings. The number of alkyl carbamates (subject to hydrolysis) is 1. The maximum absolute atomic E-state index is 14.9. The summed E-state index contributed by atoms with van der Waals surface area (Å²) in [5.74, 6) is -41.3. The van der Waals surface area contributed by atoms with Crippen LogP contribution in [-0.4, -0.2) is 79.9 Å². The third-order valence-electron chi connectivity index (χ3n) is 7.50. The smallest absolute Gasteiger partial charge is 0.458 e. The Morgan fingerprint density at radius 3 is 1.60 bits per heavy atom. The topological polar surface area (TPSA) is 73.9 Å². The molecule has 52 heavy (non-hydrogen) atoms. The van der Waals surface area contributed by atoms with Crippen molar-refractivity contribution in [1.82, 2.24) is 5.32 Å². The van der Waals surface area contributed by atoms with Crippen molar-refractivity contribution in [1.29, 1.82) is 0 Å². The average molecular weight is 786 g/mol. The summed E-state index contributed by atoms with van der Waals surface area (Å²) in [6.45, 7) is 0.791. The molecular weight excluding hydrogens is 758 g/mol. The molecule has 0 saturated heterocycles. The zero-order valence-electron chi connectivity index (χ0n) is 26.3. The van der Waals surface area contributed by atoms with Gasteiger partial charge in [0.05, 0.1) is 12.6 Å². The molecule has 0 heterocycles. The minimum Gasteiger partial charge on any atom is -0.458 e. The van der Waals surface area contributed by atoms with Gasteiger partial charge in [-0.25, -0.2) is 9.59 Å². The fourth-order valence-corrected chi connectivity index (χ4v) is 4.70. The molecule has 1 amide bonds. The van der Waals surface area contributed by atoms with Gasteiger partial charge in [0.2, 0.25) is 0 Å². The molecule has 0 aliphatic carbocycles. The highest BCUT2D eigenvalue weighted by atomic mass is 19.4. The van der Waals surface area contributed by atoms with Crippen molar-refractivity contribution < 1.29 is 94.0 Å². The minimum absolute atomic E-state index is 0.0554. The van der Waals surface area contributed by atoms with Crippen molar-refractivity contribution in [2.24, 2.45) is 0 Å². The van der Waals surface area contributed by atoms with E-state index >= 15 is 0 Å². The molecule has 6 nitrogen and oxygen atoms in total. The Morgan fingerprint density at radius 2 is 1.15 bits per heavy atom. The molecule has 1 N–H and O–H groups in total. The Labute approximate surface area is 283 Å². The van der Waals surface area contributed by atoms with Gasteiger partial charge in [-0.1, -0.05) is 60.7 Å². The van der Waals surface area contributed by atoms with E-state index in [-0.39, 0.29) is 5.56 Å². The van der Waals surface area contributed by atoms with Crippen LogP contribution in [0.1, 0.15) is 30.9 Å². The van der Waals surface area contributed by atoms with Crippen LogP contribution in [0.2, 0.25) is 0 Å². The number of hydrogen-bond donors (Lipinski definition) is 1. The number of rotatable bonds is 16. The van der Waals surface area contributed by atoms with E-state index in [1.54, 1.807) is 0 Å². The van der Waals surface area contributed by atoms with E-state index in [1.807, 2.05) is 5.32 Å². The number of amides is 1. The zero-order valence-corrected chi connectivity index (χ0v) is 26.3. The summed E-state index contributed by atoms with van der Waals surface area (Å²) in [5.41, 5.74) is -5.10. The zero-order chi connectivity index (χ0) is 40.2. The molecular formula is C30H27F16NO5. The van der Waals surface area contributed by atoms with E-state index in [4.69, 9.17) is 4.74 Å². The van der Waals surface area contributed by atoms with E-state index in [9.17, 15) is 79.8 Å². The van der Waals surface area contributed by atoms with Gasteiger partial charge in [0, 0.05) is 19.1 Å². The van der Waals surface area contributed by atoms with Crippen LogP contribution in [0.25, 0.3) is 0 Å². The van der Waals surface area contributed by atoms with E-state index in [0.29, 0.717) is 19.2 Å². The molecule has 0 fully saturated rings. The number of halogens is 16. The first-order valence-corrected chi connectivity index (χ1v) is 14.4. The molecule has 0 radical (unpaired) electrons. The summed E-state index contributed by atoms with van der Waals surface area (Å²) in [5, 5.41) is 1.90. The van der Waals surface area contributed by atoms with Crippen molar-refractivity contribution in [3.05, 3.63) is 71.8 Å². The van der Waals surface area contributed by atoms with Gasteiger partial charge in [0.25, 0.3) is 5.60 Å². The normalized spacial score (nSPS) is 16.0. The number of carbonyl (C=O) groups is 2. The van der Waals surface area contributed by atoms with E-state index < -0.39 is 103 Å². The van der Waals surface area contributed by atoms with Gasteiger partial charge in [-0.3, -0.25) is 0 Å².